The van der Waals surface area contributed by atoms with Gasteiger partial charge in [0.1, 0.15) is 0 Å². The van der Waals surface area contributed by atoms with Gasteiger partial charge in [-0.25, -0.2) is 0 Å². The molecule has 0 amide bonds. The number of rotatable bonds is 3. The number of halogens is 2. The maximum Gasteiger partial charge on any atom is 0.0603 e. The van der Waals surface area contributed by atoms with Crippen LogP contribution in [0.25, 0.3) is 0 Å². The molecule has 0 saturated carbocycles. The largest absolute Gasteiger partial charge is 0.309 e. The number of nitrogens with one attached hydrogen (secondary N) is 1. The predicted octanol–water partition coefficient (Wildman–Crippen LogP) is 4.61. The van der Waals surface area contributed by atoms with Crippen molar-refractivity contribution in [2.24, 2.45) is 0 Å². The fourth-order valence-electron chi connectivity index (χ4n) is 2.05. The third-order valence-electron chi connectivity index (χ3n) is 2.97. The second kappa shape index (κ2) is 5.75. The second-order valence-corrected chi connectivity index (χ2v) is 5.08. The molecule has 94 valence electrons. The van der Waals surface area contributed by atoms with Gasteiger partial charge < -0.3 is 5.32 Å². The minimum atomic E-state index is 0.00630. The molecule has 1 atom stereocenters. The van der Waals surface area contributed by atoms with Crippen molar-refractivity contribution in [2.45, 2.75) is 13.0 Å². The molecule has 0 bridgehead atoms. The summed E-state index contributed by atoms with van der Waals surface area (Å²) < 4.78 is 0. The maximum absolute atomic E-state index is 6.32. The summed E-state index contributed by atoms with van der Waals surface area (Å²) in [6.45, 7) is 2.03. The molecule has 0 aliphatic carbocycles. The van der Waals surface area contributed by atoms with E-state index in [1.54, 1.807) is 0 Å². The summed E-state index contributed by atoms with van der Waals surface area (Å²) in [6.07, 6.45) is 0. The minimum absolute atomic E-state index is 0.00630. The highest BCUT2D eigenvalue weighted by Crippen LogP contribution is 2.32. The van der Waals surface area contributed by atoms with E-state index in [2.05, 4.69) is 11.4 Å². The number of benzene rings is 2. The highest BCUT2D eigenvalue weighted by molar-refractivity contribution is 6.32. The molecular formula is C15H15Cl2N. The van der Waals surface area contributed by atoms with Crippen LogP contribution in [0.5, 0.6) is 0 Å². The van der Waals surface area contributed by atoms with Crippen LogP contribution >= 0.6 is 23.2 Å². The van der Waals surface area contributed by atoms with Crippen LogP contribution < -0.4 is 5.32 Å². The van der Waals surface area contributed by atoms with Crippen LogP contribution in [0.15, 0.2) is 42.5 Å². The Labute approximate surface area is 118 Å². The first kappa shape index (κ1) is 13.4. The number of hydrogen-bond acceptors (Lipinski definition) is 1. The molecule has 1 N–H and O–H groups in total. The summed E-state index contributed by atoms with van der Waals surface area (Å²) in [4.78, 5) is 0. The van der Waals surface area contributed by atoms with E-state index in [0.29, 0.717) is 0 Å². The lowest BCUT2D eigenvalue weighted by molar-refractivity contribution is 0.692. The van der Waals surface area contributed by atoms with Crippen LogP contribution in [0.3, 0.4) is 0 Å². The predicted molar refractivity (Wildman–Crippen MR) is 78.5 cm³/mol. The van der Waals surface area contributed by atoms with Gasteiger partial charge in [-0.15, -0.1) is 0 Å². The van der Waals surface area contributed by atoms with Crippen molar-refractivity contribution in [1.29, 1.82) is 0 Å². The van der Waals surface area contributed by atoms with Crippen LogP contribution in [-0.2, 0) is 0 Å². The normalized spacial score (nSPS) is 12.4. The summed E-state index contributed by atoms with van der Waals surface area (Å²) >= 11 is 12.6. The average Bonchev–Trinajstić information content (AvgIpc) is 2.34. The Morgan fingerprint density at radius 1 is 0.944 bits per heavy atom. The Hall–Kier alpha value is -1.02. The van der Waals surface area contributed by atoms with E-state index >= 15 is 0 Å². The highest BCUT2D eigenvalue weighted by Gasteiger charge is 2.17. The standard InChI is InChI=1S/C15H15Cl2N/c1-10-7-8-12(14(17)9-10)15(18-2)11-5-3-4-6-13(11)16/h3-9,15,18H,1-2H3. The number of aryl methyl sites for hydroxylation is 1. The van der Waals surface area contributed by atoms with Crippen molar-refractivity contribution in [2.75, 3.05) is 7.05 Å². The van der Waals surface area contributed by atoms with Gasteiger partial charge in [0.05, 0.1) is 6.04 Å². The molecule has 0 fully saturated rings. The summed E-state index contributed by atoms with van der Waals surface area (Å²) in [5.41, 5.74) is 3.23. The van der Waals surface area contributed by atoms with Crippen LogP contribution in [0, 0.1) is 6.92 Å². The molecule has 0 radical (unpaired) electrons. The van der Waals surface area contributed by atoms with Gasteiger partial charge >= 0.3 is 0 Å². The van der Waals surface area contributed by atoms with Gasteiger partial charge in [0.2, 0.25) is 0 Å². The molecule has 2 aromatic carbocycles. The topological polar surface area (TPSA) is 12.0 Å². The molecule has 0 aliphatic heterocycles. The van der Waals surface area contributed by atoms with E-state index in [1.165, 1.54) is 0 Å². The lowest BCUT2D eigenvalue weighted by Crippen LogP contribution is -2.18. The summed E-state index contributed by atoms with van der Waals surface area (Å²) in [5.74, 6) is 0. The first-order valence-electron chi connectivity index (χ1n) is 5.81. The van der Waals surface area contributed by atoms with Crippen molar-refractivity contribution in [3.8, 4) is 0 Å². The lowest BCUT2D eigenvalue weighted by Gasteiger charge is -2.20. The zero-order valence-corrected chi connectivity index (χ0v) is 11.9. The first-order valence-corrected chi connectivity index (χ1v) is 6.57. The Bertz CT molecular complexity index is 552. The molecule has 0 heterocycles. The average molecular weight is 280 g/mol. The van der Waals surface area contributed by atoms with E-state index in [-0.39, 0.29) is 6.04 Å². The first-order chi connectivity index (χ1) is 8.63. The van der Waals surface area contributed by atoms with E-state index < -0.39 is 0 Å². The summed E-state index contributed by atoms with van der Waals surface area (Å²) in [5, 5.41) is 4.77. The zero-order chi connectivity index (χ0) is 13.1. The molecule has 1 nitrogen and oxygen atoms in total. The molecule has 0 aliphatic rings. The Kier molecular flexibility index (Phi) is 4.28. The van der Waals surface area contributed by atoms with Crippen molar-refractivity contribution in [3.63, 3.8) is 0 Å². The van der Waals surface area contributed by atoms with Gasteiger partial charge in [-0.1, -0.05) is 53.5 Å². The molecule has 2 rings (SSSR count). The smallest absolute Gasteiger partial charge is 0.0603 e. The van der Waals surface area contributed by atoms with Crippen molar-refractivity contribution < 1.29 is 0 Å². The van der Waals surface area contributed by atoms with Crippen molar-refractivity contribution in [1.82, 2.24) is 5.32 Å². The molecule has 18 heavy (non-hydrogen) atoms. The third-order valence-corrected chi connectivity index (χ3v) is 3.64. The van der Waals surface area contributed by atoms with Gasteiger partial charge in [-0.3, -0.25) is 0 Å². The minimum Gasteiger partial charge on any atom is -0.309 e. The van der Waals surface area contributed by atoms with Crippen molar-refractivity contribution in [3.05, 3.63) is 69.2 Å². The molecular weight excluding hydrogens is 265 g/mol. The Morgan fingerprint density at radius 2 is 1.61 bits per heavy atom. The zero-order valence-electron chi connectivity index (χ0n) is 10.4. The summed E-state index contributed by atoms with van der Waals surface area (Å²) in [7, 11) is 1.91. The van der Waals surface area contributed by atoms with Crippen molar-refractivity contribution >= 4 is 23.2 Å². The van der Waals surface area contributed by atoms with E-state index in [4.69, 9.17) is 23.2 Å². The van der Waals surface area contributed by atoms with E-state index in [9.17, 15) is 0 Å². The molecule has 0 spiro atoms. The molecule has 0 saturated heterocycles. The fourth-order valence-corrected chi connectivity index (χ4v) is 2.64. The molecule has 1 unspecified atom stereocenters. The van der Waals surface area contributed by atoms with Gasteiger partial charge in [0.15, 0.2) is 0 Å². The summed E-state index contributed by atoms with van der Waals surface area (Å²) in [6, 6.07) is 13.9. The van der Waals surface area contributed by atoms with Gasteiger partial charge in [-0.2, -0.15) is 0 Å². The van der Waals surface area contributed by atoms with Gasteiger partial charge in [0.25, 0.3) is 0 Å². The SMILES string of the molecule is CNC(c1ccccc1Cl)c1ccc(C)cc1Cl. The molecule has 2 aromatic rings. The van der Waals surface area contributed by atoms with Crippen LogP contribution in [-0.4, -0.2) is 7.05 Å². The van der Waals surface area contributed by atoms with E-state index in [0.717, 1.165) is 26.7 Å². The second-order valence-electron chi connectivity index (χ2n) is 4.27. The lowest BCUT2D eigenvalue weighted by atomic mass is 9.98. The van der Waals surface area contributed by atoms with Crippen LogP contribution in [0.2, 0.25) is 10.0 Å². The monoisotopic (exact) mass is 279 g/mol. The van der Waals surface area contributed by atoms with E-state index in [1.807, 2.05) is 50.4 Å². The quantitative estimate of drug-likeness (QED) is 0.865. The van der Waals surface area contributed by atoms with Crippen LogP contribution in [0.4, 0.5) is 0 Å². The molecule has 0 aromatic heterocycles. The maximum atomic E-state index is 6.32. The Balaban J connectivity index is 2.49. The fraction of sp³-hybridized carbons (Fsp3) is 0.200. The Morgan fingerprint density at radius 3 is 2.22 bits per heavy atom. The van der Waals surface area contributed by atoms with Gasteiger partial charge in [0, 0.05) is 10.0 Å². The van der Waals surface area contributed by atoms with Crippen LogP contribution in [0.1, 0.15) is 22.7 Å². The molecule has 3 heteroatoms. The van der Waals surface area contributed by atoms with Gasteiger partial charge in [-0.05, 0) is 42.8 Å². The third kappa shape index (κ3) is 2.69. The highest BCUT2D eigenvalue weighted by atomic mass is 35.5. The number of hydrogen-bond donors (Lipinski definition) is 1.